The van der Waals surface area contributed by atoms with E-state index in [1.807, 2.05) is 19.2 Å². The Labute approximate surface area is 139 Å². The molecule has 1 fully saturated rings. The maximum Gasteiger partial charge on any atom is 0.239 e. The number of nitrogens with two attached hydrogens (primary N) is 1. The number of para-hydroxylation sites is 1. The summed E-state index contributed by atoms with van der Waals surface area (Å²) >= 11 is 0. The van der Waals surface area contributed by atoms with E-state index in [2.05, 4.69) is 30.9 Å². The zero-order valence-electron chi connectivity index (χ0n) is 14.5. The molecule has 1 heterocycles. The average molecular weight is 319 g/mol. The fourth-order valence-corrected chi connectivity index (χ4v) is 2.98. The summed E-state index contributed by atoms with van der Waals surface area (Å²) in [4.78, 5) is 16.5. The summed E-state index contributed by atoms with van der Waals surface area (Å²) in [6, 6.07) is 7.84. The second-order valence-corrected chi connectivity index (χ2v) is 6.66. The van der Waals surface area contributed by atoms with Crippen LogP contribution in [0.2, 0.25) is 0 Å². The van der Waals surface area contributed by atoms with Crippen molar-refractivity contribution >= 4 is 11.6 Å². The van der Waals surface area contributed by atoms with Gasteiger partial charge in [-0.2, -0.15) is 0 Å². The smallest absolute Gasteiger partial charge is 0.239 e. The van der Waals surface area contributed by atoms with Crippen molar-refractivity contribution in [1.82, 2.24) is 4.90 Å². The van der Waals surface area contributed by atoms with Crippen LogP contribution in [0.1, 0.15) is 25.8 Å². The van der Waals surface area contributed by atoms with Crippen molar-refractivity contribution in [3.63, 3.8) is 0 Å². The highest BCUT2D eigenvalue weighted by atomic mass is 16.5. The van der Waals surface area contributed by atoms with Crippen LogP contribution in [0.3, 0.4) is 0 Å². The second kappa shape index (κ2) is 8.31. The third kappa shape index (κ3) is 4.94. The first-order valence-corrected chi connectivity index (χ1v) is 8.40. The third-order valence-corrected chi connectivity index (χ3v) is 4.17. The lowest BCUT2D eigenvalue weighted by Crippen LogP contribution is -2.42. The second-order valence-electron chi connectivity index (χ2n) is 6.66. The number of nitrogens with zero attached hydrogens (tertiary/aromatic N) is 2. The van der Waals surface area contributed by atoms with Crippen LogP contribution < -0.4 is 10.6 Å². The average Bonchev–Trinajstić information content (AvgIpc) is 2.54. The molecule has 1 aliphatic heterocycles. The molecule has 0 saturated carbocycles. The highest BCUT2D eigenvalue weighted by Gasteiger charge is 2.21. The molecule has 1 aliphatic rings. The molecule has 2 N–H and O–H groups in total. The molecule has 0 spiro atoms. The van der Waals surface area contributed by atoms with Gasteiger partial charge in [0.2, 0.25) is 5.91 Å². The van der Waals surface area contributed by atoms with Gasteiger partial charge in [-0.15, -0.1) is 0 Å². The van der Waals surface area contributed by atoms with Crippen LogP contribution in [0, 0.1) is 5.92 Å². The number of hydrogen-bond donors (Lipinski definition) is 1. The van der Waals surface area contributed by atoms with Gasteiger partial charge in [0, 0.05) is 32.4 Å². The number of benzene rings is 1. The molecule has 5 heteroatoms. The first kappa shape index (κ1) is 17.8. The molecule has 5 nitrogen and oxygen atoms in total. The Balaban J connectivity index is 2.05. The van der Waals surface area contributed by atoms with Gasteiger partial charge in [-0.25, -0.2) is 0 Å². The number of morpholine rings is 1. The maximum absolute atomic E-state index is 12.4. The number of amides is 1. The third-order valence-electron chi connectivity index (χ3n) is 4.17. The van der Waals surface area contributed by atoms with Crippen molar-refractivity contribution < 1.29 is 9.53 Å². The van der Waals surface area contributed by atoms with E-state index in [1.165, 1.54) is 5.69 Å². The van der Waals surface area contributed by atoms with Gasteiger partial charge >= 0.3 is 0 Å². The zero-order chi connectivity index (χ0) is 16.8. The first-order chi connectivity index (χ1) is 11.0. The van der Waals surface area contributed by atoms with Gasteiger partial charge < -0.3 is 20.3 Å². The van der Waals surface area contributed by atoms with Crippen LogP contribution in [0.5, 0.6) is 0 Å². The molecule has 0 aromatic heterocycles. The standard InChI is InChI=1S/C18H29N3O2/c1-14(2)12-16(19)18(22)20(3)13-15-6-4-5-7-17(15)21-8-10-23-11-9-21/h4-7,14,16H,8-13,19H2,1-3H3/t16-/m0/s1. The number of likely N-dealkylation sites (N-methyl/N-ethyl adjacent to an activating group) is 1. The van der Waals surface area contributed by atoms with Gasteiger partial charge in [0.1, 0.15) is 0 Å². The topological polar surface area (TPSA) is 58.8 Å². The molecule has 23 heavy (non-hydrogen) atoms. The summed E-state index contributed by atoms with van der Waals surface area (Å²) < 4.78 is 5.43. The lowest BCUT2D eigenvalue weighted by atomic mass is 10.0. The zero-order valence-corrected chi connectivity index (χ0v) is 14.5. The van der Waals surface area contributed by atoms with Crippen molar-refractivity contribution in [2.45, 2.75) is 32.9 Å². The molecule has 1 saturated heterocycles. The number of carbonyl (C=O) groups is 1. The Morgan fingerprint density at radius 1 is 1.30 bits per heavy atom. The van der Waals surface area contributed by atoms with E-state index in [1.54, 1.807) is 4.90 Å². The normalized spacial score (nSPS) is 16.5. The highest BCUT2D eigenvalue weighted by Crippen LogP contribution is 2.23. The van der Waals surface area contributed by atoms with E-state index < -0.39 is 6.04 Å². The van der Waals surface area contributed by atoms with Gasteiger partial charge in [0.15, 0.2) is 0 Å². The van der Waals surface area contributed by atoms with Gasteiger partial charge in [-0.3, -0.25) is 4.79 Å². The van der Waals surface area contributed by atoms with E-state index in [0.29, 0.717) is 18.9 Å². The Morgan fingerprint density at radius 3 is 2.61 bits per heavy atom. The number of ether oxygens (including phenoxy) is 1. The molecule has 1 aromatic rings. The lowest BCUT2D eigenvalue weighted by Gasteiger charge is -2.32. The Hall–Kier alpha value is -1.59. The van der Waals surface area contributed by atoms with Crippen molar-refractivity contribution in [3.05, 3.63) is 29.8 Å². The van der Waals surface area contributed by atoms with Crippen LogP contribution in [-0.4, -0.2) is 50.2 Å². The van der Waals surface area contributed by atoms with Gasteiger partial charge in [-0.05, 0) is 24.0 Å². The van der Waals surface area contributed by atoms with E-state index in [0.717, 1.165) is 31.9 Å². The number of anilines is 1. The number of hydrogen-bond acceptors (Lipinski definition) is 4. The predicted octanol–water partition coefficient (Wildman–Crippen LogP) is 1.85. The first-order valence-electron chi connectivity index (χ1n) is 8.40. The van der Waals surface area contributed by atoms with Gasteiger partial charge in [0.25, 0.3) is 0 Å². The summed E-state index contributed by atoms with van der Waals surface area (Å²) in [5, 5.41) is 0. The molecule has 0 radical (unpaired) electrons. The molecule has 0 aliphatic carbocycles. The molecule has 0 bridgehead atoms. The maximum atomic E-state index is 12.4. The van der Waals surface area contributed by atoms with Crippen molar-refractivity contribution in [3.8, 4) is 0 Å². The van der Waals surface area contributed by atoms with Crippen LogP contribution in [0.15, 0.2) is 24.3 Å². The van der Waals surface area contributed by atoms with Crippen LogP contribution >= 0.6 is 0 Å². The largest absolute Gasteiger partial charge is 0.378 e. The summed E-state index contributed by atoms with van der Waals surface area (Å²) in [6.07, 6.45) is 0.717. The van der Waals surface area contributed by atoms with E-state index in [-0.39, 0.29) is 5.91 Å². The summed E-state index contributed by atoms with van der Waals surface area (Å²) in [5.41, 5.74) is 8.38. The number of carbonyl (C=O) groups excluding carboxylic acids is 1. The van der Waals surface area contributed by atoms with Crippen LogP contribution in [-0.2, 0) is 16.1 Å². The lowest BCUT2D eigenvalue weighted by molar-refractivity contribution is -0.132. The van der Waals surface area contributed by atoms with Gasteiger partial charge in [0.05, 0.1) is 19.3 Å². The van der Waals surface area contributed by atoms with Crippen LogP contribution in [0.25, 0.3) is 0 Å². The minimum atomic E-state index is -0.421. The number of rotatable bonds is 6. The summed E-state index contributed by atoms with van der Waals surface area (Å²) in [7, 11) is 1.83. The Bertz CT molecular complexity index is 513. The molecule has 1 atom stereocenters. The summed E-state index contributed by atoms with van der Waals surface area (Å²) in [5.74, 6) is 0.429. The predicted molar refractivity (Wildman–Crippen MR) is 93.4 cm³/mol. The SMILES string of the molecule is CC(C)C[C@H](N)C(=O)N(C)Cc1ccccc1N1CCOCC1. The van der Waals surface area contributed by atoms with E-state index in [4.69, 9.17) is 10.5 Å². The molecule has 0 unspecified atom stereocenters. The van der Waals surface area contributed by atoms with Crippen molar-refractivity contribution in [1.29, 1.82) is 0 Å². The fourth-order valence-electron chi connectivity index (χ4n) is 2.98. The Morgan fingerprint density at radius 2 is 1.96 bits per heavy atom. The molecule has 1 amide bonds. The van der Waals surface area contributed by atoms with Crippen LogP contribution in [0.4, 0.5) is 5.69 Å². The van der Waals surface area contributed by atoms with Crippen molar-refractivity contribution in [2.75, 3.05) is 38.3 Å². The molecule has 128 valence electrons. The minimum Gasteiger partial charge on any atom is -0.378 e. The fraction of sp³-hybridized carbons (Fsp3) is 0.611. The molecule has 2 rings (SSSR count). The summed E-state index contributed by atoms with van der Waals surface area (Å²) in [6.45, 7) is 8.04. The Kier molecular flexibility index (Phi) is 6.42. The van der Waals surface area contributed by atoms with Crippen molar-refractivity contribution in [2.24, 2.45) is 11.7 Å². The molecular formula is C18H29N3O2. The molecule has 1 aromatic carbocycles. The molecular weight excluding hydrogens is 290 g/mol. The van der Waals surface area contributed by atoms with E-state index in [9.17, 15) is 4.79 Å². The van der Waals surface area contributed by atoms with E-state index >= 15 is 0 Å². The van der Waals surface area contributed by atoms with Gasteiger partial charge in [-0.1, -0.05) is 32.0 Å². The quantitative estimate of drug-likeness (QED) is 0.869. The highest BCUT2D eigenvalue weighted by molar-refractivity contribution is 5.81. The minimum absolute atomic E-state index is 0.00970. The monoisotopic (exact) mass is 319 g/mol.